The molecule has 12 heteroatoms. The van der Waals surface area contributed by atoms with E-state index in [0.29, 0.717) is 41.8 Å². The highest BCUT2D eigenvalue weighted by atomic mass is 16.5. The number of nitrogens with one attached hydrogen (secondary N) is 2. The molecule has 4 N–H and O–H groups in total. The molecule has 1 saturated heterocycles. The summed E-state index contributed by atoms with van der Waals surface area (Å²) >= 11 is 0. The third-order valence-electron chi connectivity index (χ3n) is 7.35. The Kier molecular flexibility index (Phi) is 9.52. The normalized spacial score (nSPS) is 15.5. The first-order valence-corrected chi connectivity index (χ1v) is 13.7. The van der Waals surface area contributed by atoms with E-state index in [1.165, 1.54) is 0 Å². The van der Waals surface area contributed by atoms with E-state index in [2.05, 4.69) is 51.4 Å². The van der Waals surface area contributed by atoms with Crippen LogP contribution in [0.25, 0.3) is 11.0 Å². The van der Waals surface area contributed by atoms with Gasteiger partial charge in [0.25, 0.3) is 0 Å². The number of fused-ring (bicyclic) bond motifs is 1. The lowest BCUT2D eigenvalue weighted by Gasteiger charge is -2.34. The van der Waals surface area contributed by atoms with Crippen molar-refractivity contribution in [1.82, 2.24) is 29.6 Å². The second-order valence-electron chi connectivity index (χ2n) is 10.3. The van der Waals surface area contributed by atoms with E-state index in [9.17, 15) is 15.0 Å². The van der Waals surface area contributed by atoms with Gasteiger partial charge >= 0.3 is 6.09 Å². The predicted octanol–water partition coefficient (Wildman–Crippen LogP) is 3.92. The van der Waals surface area contributed by atoms with Gasteiger partial charge in [0.1, 0.15) is 16.8 Å². The van der Waals surface area contributed by atoms with Crippen LogP contribution in [0.5, 0.6) is 5.75 Å². The number of pyridine rings is 1. The number of nitrogens with zero attached hydrogens (tertiary/aromatic N) is 6. The molecule has 0 radical (unpaired) electrons. The monoisotopic (exact) mass is 540 g/mol. The molecule has 1 atom stereocenters. The first kappa shape index (κ1) is 28.5. The summed E-state index contributed by atoms with van der Waals surface area (Å²) in [5.41, 5.74) is 3.05. The Bertz CT molecular complexity index is 1250. The molecule has 212 valence electrons. The molecule has 1 unspecified atom stereocenters. The zero-order valence-electron chi connectivity index (χ0n) is 23.2. The number of ether oxygens (including phenoxy) is 1. The molecule has 3 aromatic rings. The first-order chi connectivity index (χ1) is 18.8. The average Bonchev–Trinajstić information content (AvgIpc) is 3.31. The molecule has 1 aliphatic heterocycles. The molecule has 12 nitrogen and oxygen atoms in total. The number of aliphatic hydroxyl groups excluding tert-OH is 1. The number of likely N-dealkylation sites (tertiary alicyclic amines) is 1. The number of methoxy groups -OCH3 is 1. The van der Waals surface area contributed by atoms with Crippen LogP contribution in [0.4, 0.5) is 16.6 Å². The fraction of sp³-hybridized carbons (Fsp3) is 0.593. The Morgan fingerprint density at radius 3 is 2.62 bits per heavy atom. The molecule has 1 fully saturated rings. The lowest BCUT2D eigenvalue weighted by Crippen LogP contribution is -2.38. The summed E-state index contributed by atoms with van der Waals surface area (Å²) in [6.45, 7) is 9.07. The Hall–Kier alpha value is -3.51. The molecule has 0 spiro atoms. The molecular weight excluding hydrogens is 500 g/mol. The lowest BCUT2D eigenvalue weighted by atomic mass is 9.92. The lowest BCUT2D eigenvalue weighted by molar-refractivity contribution is 0.170. The molecule has 1 amide bonds. The second-order valence-corrected chi connectivity index (χ2v) is 10.3. The van der Waals surface area contributed by atoms with Gasteiger partial charge in [-0.15, -0.1) is 0 Å². The van der Waals surface area contributed by atoms with Gasteiger partial charge in [-0.25, -0.2) is 9.78 Å². The van der Waals surface area contributed by atoms with Crippen LogP contribution in [0.3, 0.4) is 0 Å². The van der Waals surface area contributed by atoms with Crippen LogP contribution >= 0.6 is 0 Å². The SMILES string of the molecule is CCCC(CCO)Nc1nc(NC(=O)O)nc2cnn(Cc3cnc(C4CCN(C(C)C)CC4)cc3OC)c12. The number of hydrogen-bond donors (Lipinski definition) is 4. The van der Waals surface area contributed by atoms with E-state index in [4.69, 9.17) is 9.72 Å². The molecule has 0 aromatic carbocycles. The summed E-state index contributed by atoms with van der Waals surface area (Å²) in [7, 11) is 1.66. The molecule has 3 aromatic heterocycles. The van der Waals surface area contributed by atoms with Gasteiger partial charge in [0, 0.05) is 48.1 Å². The minimum Gasteiger partial charge on any atom is -0.496 e. The van der Waals surface area contributed by atoms with Gasteiger partial charge in [-0.3, -0.25) is 15.0 Å². The largest absolute Gasteiger partial charge is 0.496 e. The fourth-order valence-electron chi connectivity index (χ4n) is 5.24. The van der Waals surface area contributed by atoms with E-state index < -0.39 is 6.09 Å². The Morgan fingerprint density at radius 2 is 1.97 bits per heavy atom. The van der Waals surface area contributed by atoms with Gasteiger partial charge in [0.2, 0.25) is 5.95 Å². The average molecular weight is 541 g/mol. The predicted molar refractivity (Wildman–Crippen MR) is 150 cm³/mol. The standard InChI is InChI=1S/C27H40N8O4/c1-5-6-20(9-12-36)30-25-24-22(31-26(32-25)33-27(37)38)15-29-35(24)16-19-14-28-21(13-23(19)39-4)18-7-10-34(11-8-18)17(2)3/h13-15,17-18,20,36H,5-12,16H2,1-4H3,(H,37,38)(H2,30,31,32,33). The maximum atomic E-state index is 11.3. The van der Waals surface area contributed by atoms with Gasteiger partial charge in [-0.05, 0) is 52.6 Å². The van der Waals surface area contributed by atoms with Crippen LogP contribution < -0.4 is 15.4 Å². The molecule has 1 aliphatic rings. The van der Waals surface area contributed by atoms with Crippen LogP contribution in [0.1, 0.15) is 70.1 Å². The highest BCUT2D eigenvalue weighted by Gasteiger charge is 2.24. The number of piperidine rings is 1. The van der Waals surface area contributed by atoms with Crippen molar-refractivity contribution in [2.24, 2.45) is 0 Å². The Labute approximate surface area is 228 Å². The van der Waals surface area contributed by atoms with E-state index >= 15 is 0 Å². The number of rotatable bonds is 12. The van der Waals surface area contributed by atoms with Crippen molar-refractivity contribution >= 4 is 28.9 Å². The van der Waals surface area contributed by atoms with Gasteiger partial charge in [0.05, 0.1) is 19.9 Å². The van der Waals surface area contributed by atoms with Gasteiger partial charge < -0.3 is 25.2 Å². The second kappa shape index (κ2) is 13.0. The molecule has 4 heterocycles. The molecule has 0 bridgehead atoms. The molecular formula is C27H40N8O4. The Balaban J connectivity index is 1.63. The van der Waals surface area contributed by atoms with Crippen molar-refractivity contribution < 1.29 is 19.7 Å². The maximum Gasteiger partial charge on any atom is 0.411 e. The summed E-state index contributed by atoms with van der Waals surface area (Å²) in [4.78, 5) is 27.4. The van der Waals surface area contributed by atoms with Crippen molar-refractivity contribution in [1.29, 1.82) is 0 Å². The smallest absolute Gasteiger partial charge is 0.411 e. The van der Waals surface area contributed by atoms with Crippen molar-refractivity contribution in [2.45, 2.75) is 77.4 Å². The maximum absolute atomic E-state index is 11.3. The molecule has 39 heavy (non-hydrogen) atoms. The van der Waals surface area contributed by atoms with Crippen LogP contribution in [0.15, 0.2) is 18.5 Å². The van der Waals surface area contributed by atoms with Crippen LogP contribution in [0.2, 0.25) is 0 Å². The number of aromatic nitrogens is 5. The summed E-state index contributed by atoms with van der Waals surface area (Å²) < 4.78 is 7.55. The van der Waals surface area contributed by atoms with Crippen molar-refractivity contribution in [2.75, 3.05) is 37.4 Å². The Morgan fingerprint density at radius 1 is 1.21 bits per heavy atom. The van der Waals surface area contributed by atoms with E-state index in [0.717, 1.165) is 55.8 Å². The van der Waals surface area contributed by atoms with Crippen molar-refractivity contribution in [3.05, 3.63) is 29.7 Å². The van der Waals surface area contributed by atoms with Gasteiger partial charge in [0.15, 0.2) is 5.82 Å². The topological polar surface area (TPSA) is 151 Å². The van der Waals surface area contributed by atoms with E-state index in [-0.39, 0.29) is 18.6 Å². The summed E-state index contributed by atoms with van der Waals surface area (Å²) in [6.07, 6.45) is 6.60. The van der Waals surface area contributed by atoms with Crippen molar-refractivity contribution in [3.8, 4) is 5.75 Å². The van der Waals surface area contributed by atoms with Crippen LogP contribution in [-0.2, 0) is 6.54 Å². The number of anilines is 2. The summed E-state index contributed by atoms with van der Waals surface area (Å²) in [5, 5.41) is 28.9. The zero-order valence-corrected chi connectivity index (χ0v) is 23.2. The summed E-state index contributed by atoms with van der Waals surface area (Å²) in [6, 6.07) is 2.55. The quantitative estimate of drug-likeness (QED) is 0.266. The third-order valence-corrected chi connectivity index (χ3v) is 7.35. The van der Waals surface area contributed by atoms with Crippen LogP contribution in [-0.4, -0.2) is 84.8 Å². The van der Waals surface area contributed by atoms with Crippen LogP contribution in [0, 0.1) is 0 Å². The van der Waals surface area contributed by atoms with Gasteiger partial charge in [-0.1, -0.05) is 13.3 Å². The number of carboxylic acid groups (broad SMARTS) is 1. The highest BCUT2D eigenvalue weighted by molar-refractivity contribution is 5.89. The number of amides is 1. The highest BCUT2D eigenvalue weighted by Crippen LogP contribution is 2.32. The van der Waals surface area contributed by atoms with E-state index in [1.54, 1.807) is 18.0 Å². The molecule has 4 rings (SSSR count). The fourth-order valence-corrected chi connectivity index (χ4v) is 5.24. The van der Waals surface area contributed by atoms with Gasteiger partial charge in [-0.2, -0.15) is 10.1 Å². The van der Waals surface area contributed by atoms with Crippen molar-refractivity contribution in [3.63, 3.8) is 0 Å². The zero-order chi connectivity index (χ0) is 27.9. The van der Waals surface area contributed by atoms with E-state index in [1.807, 2.05) is 12.3 Å². The number of carbonyl (C=O) groups is 1. The minimum atomic E-state index is -1.25. The minimum absolute atomic E-state index is 0.0249. The third kappa shape index (κ3) is 6.93. The first-order valence-electron chi connectivity index (χ1n) is 13.7. The number of aliphatic hydroxyl groups is 1. The molecule has 0 saturated carbocycles. The number of hydrogen-bond acceptors (Lipinski definition) is 9. The summed E-state index contributed by atoms with van der Waals surface area (Å²) in [5.74, 6) is 1.57. The molecule has 0 aliphatic carbocycles.